The van der Waals surface area contributed by atoms with Gasteiger partial charge in [0, 0.05) is 0 Å². The molecule has 0 bridgehead atoms. The summed E-state index contributed by atoms with van der Waals surface area (Å²) in [5.74, 6) is 0.683. The minimum atomic E-state index is 0.683. The fraction of sp³-hybridized carbons (Fsp3) is 0.294. The van der Waals surface area contributed by atoms with Crippen LogP contribution in [-0.2, 0) is 12.8 Å². The van der Waals surface area contributed by atoms with E-state index in [4.69, 9.17) is 0 Å². The molecule has 0 aliphatic carbocycles. The molecule has 2 rings (SSSR count). The zero-order chi connectivity index (χ0) is 12.1. The van der Waals surface area contributed by atoms with E-state index in [1.54, 1.807) is 0 Å². The Morgan fingerprint density at radius 2 is 1.76 bits per heavy atom. The van der Waals surface area contributed by atoms with Crippen molar-refractivity contribution in [3.05, 3.63) is 71.3 Å². The van der Waals surface area contributed by atoms with Crippen LogP contribution in [-0.4, -0.2) is 0 Å². The van der Waals surface area contributed by atoms with Gasteiger partial charge in [0.1, 0.15) is 0 Å². The summed E-state index contributed by atoms with van der Waals surface area (Å²) < 4.78 is 0. The second kappa shape index (κ2) is 5.67. The summed E-state index contributed by atoms with van der Waals surface area (Å²) in [5, 5.41) is 0. The zero-order valence-corrected chi connectivity index (χ0v) is 10.6. The monoisotopic (exact) mass is 223 g/mol. The standard InChI is InChI=1S/C17H19/c1-14(2)12-16-10-6-7-11-17(16)13-15-8-4-3-5-9-15/h3-9,11,14H,12-13H2,1-2H3. The predicted molar refractivity (Wildman–Crippen MR) is 73.1 cm³/mol. The van der Waals surface area contributed by atoms with E-state index >= 15 is 0 Å². The number of hydrogen-bond donors (Lipinski definition) is 0. The third-order valence-electron chi connectivity index (χ3n) is 2.89. The number of rotatable bonds is 4. The topological polar surface area (TPSA) is 0 Å². The minimum absolute atomic E-state index is 0.683. The molecule has 0 saturated carbocycles. The molecule has 87 valence electrons. The van der Waals surface area contributed by atoms with Gasteiger partial charge in [0.15, 0.2) is 0 Å². The molecule has 0 spiro atoms. The van der Waals surface area contributed by atoms with Crippen LogP contribution in [0.25, 0.3) is 0 Å². The Morgan fingerprint density at radius 1 is 1.00 bits per heavy atom. The average molecular weight is 223 g/mol. The van der Waals surface area contributed by atoms with Gasteiger partial charge in [-0.15, -0.1) is 0 Å². The smallest absolute Gasteiger partial charge is 0.00228 e. The summed E-state index contributed by atoms with van der Waals surface area (Å²) in [6, 6.07) is 20.4. The van der Waals surface area contributed by atoms with Gasteiger partial charge >= 0.3 is 0 Å². The van der Waals surface area contributed by atoms with Crippen molar-refractivity contribution in [2.75, 3.05) is 0 Å². The van der Waals surface area contributed by atoms with E-state index in [2.05, 4.69) is 62.4 Å². The van der Waals surface area contributed by atoms with Crippen LogP contribution in [0.5, 0.6) is 0 Å². The fourth-order valence-corrected chi connectivity index (χ4v) is 2.09. The van der Waals surface area contributed by atoms with E-state index < -0.39 is 0 Å². The highest BCUT2D eigenvalue weighted by molar-refractivity contribution is 5.32. The molecule has 0 atom stereocenters. The average Bonchev–Trinajstić information content (AvgIpc) is 2.32. The van der Waals surface area contributed by atoms with Crippen LogP contribution >= 0.6 is 0 Å². The van der Waals surface area contributed by atoms with Crippen molar-refractivity contribution in [2.24, 2.45) is 5.92 Å². The van der Waals surface area contributed by atoms with Crippen molar-refractivity contribution < 1.29 is 0 Å². The zero-order valence-electron chi connectivity index (χ0n) is 10.6. The van der Waals surface area contributed by atoms with Crippen LogP contribution in [0.3, 0.4) is 0 Å². The summed E-state index contributed by atoms with van der Waals surface area (Å²) in [4.78, 5) is 0. The van der Waals surface area contributed by atoms with Crippen LogP contribution in [0.4, 0.5) is 0 Å². The Kier molecular flexibility index (Phi) is 3.98. The van der Waals surface area contributed by atoms with E-state index in [0.717, 1.165) is 12.8 Å². The van der Waals surface area contributed by atoms with Crippen LogP contribution < -0.4 is 0 Å². The fourth-order valence-electron chi connectivity index (χ4n) is 2.09. The van der Waals surface area contributed by atoms with Crippen molar-refractivity contribution in [1.82, 2.24) is 0 Å². The van der Waals surface area contributed by atoms with Gasteiger partial charge in [-0.1, -0.05) is 62.4 Å². The largest absolute Gasteiger partial charge is 0.0625 e. The molecule has 0 heterocycles. The highest BCUT2D eigenvalue weighted by Crippen LogP contribution is 2.17. The molecular formula is C17H19. The molecule has 2 aromatic carbocycles. The Morgan fingerprint density at radius 3 is 2.47 bits per heavy atom. The first-order valence-corrected chi connectivity index (χ1v) is 6.28. The Labute approximate surface area is 104 Å². The Bertz CT molecular complexity index is 454. The summed E-state index contributed by atoms with van der Waals surface area (Å²) in [6.45, 7) is 4.51. The molecule has 0 nitrogen and oxygen atoms in total. The molecule has 0 saturated heterocycles. The maximum absolute atomic E-state index is 3.39. The van der Waals surface area contributed by atoms with Gasteiger partial charge in [-0.25, -0.2) is 0 Å². The van der Waals surface area contributed by atoms with Gasteiger partial charge in [0.25, 0.3) is 0 Å². The van der Waals surface area contributed by atoms with Crippen molar-refractivity contribution in [1.29, 1.82) is 0 Å². The van der Waals surface area contributed by atoms with Crippen molar-refractivity contribution >= 4 is 0 Å². The molecular weight excluding hydrogens is 204 g/mol. The molecule has 17 heavy (non-hydrogen) atoms. The lowest BCUT2D eigenvalue weighted by Gasteiger charge is -2.11. The van der Waals surface area contributed by atoms with Crippen molar-refractivity contribution in [3.63, 3.8) is 0 Å². The number of hydrogen-bond acceptors (Lipinski definition) is 0. The minimum Gasteiger partial charge on any atom is -0.0625 e. The van der Waals surface area contributed by atoms with E-state index in [1.807, 2.05) is 6.07 Å². The maximum Gasteiger partial charge on any atom is -0.00228 e. The molecule has 0 aliphatic rings. The normalized spacial score (nSPS) is 10.8. The lowest BCUT2D eigenvalue weighted by atomic mass is 9.94. The predicted octanol–water partition coefficient (Wildman–Crippen LogP) is 4.28. The lowest BCUT2D eigenvalue weighted by molar-refractivity contribution is 0.643. The Balaban J connectivity index is 2.20. The third-order valence-corrected chi connectivity index (χ3v) is 2.89. The molecule has 0 aliphatic heterocycles. The summed E-state index contributed by atoms with van der Waals surface area (Å²) in [5.41, 5.74) is 4.15. The van der Waals surface area contributed by atoms with Crippen molar-refractivity contribution in [3.8, 4) is 0 Å². The summed E-state index contributed by atoms with van der Waals surface area (Å²) >= 11 is 0. The van der Waals surface area contributed by atoms with Gasteiger partial charge in [-0.2, -0.15) is 0 Å². The molecule has 0 amide bonds. The molecule has 1 radical (unpaired) electrons. The highest BCUT2D eigenvalue weighted by Gasteiger charge is 2.05. The van der Waals surface area contributed by atoms with E-state index in [0.29, 0.717) is 5.92 Å². The summed E-state index contributed by atoms with van der Waals surface area (Å²) in [6.07, 6.45) is 2.13. The van der Waals surface area contributed by atoms with E-state index in [-0.39, 0.29) is 0 Å². The quantitative estimate of drug-likeness (QED) is 0.726. The van der Waals surface area contributed by atoms with E-state index in [9.17, 15) is 0 Å². The van der Waals surface area contributed by atoms with Crippen LogP contribution in [0.1, 0.15) is 30.5 Å². The molecule has 2 aromatic rings. The summed E-state index contributed by atoms with van der Waals surface area (Å²) in [7, 11) is 0. The van der Waals surface area contributed by atoms with Gasteiger partial charge in [-0.3, -0.25) is 0 Å². The second-order valence-electron chi connectivity index (χ2n) is 4.93. The Hall–Kier alpha value is -1.56. The van der Waals surface area contributed by atoms with Gasteiger partial charge in [0.05, 0.1) is 0 Å². The maximum atomic E-state index is 3.39. The SMILES string of the molecule is CC(C)Cc1[c]cccc1Cc1ccccc1. The molecule has 0 aromatic heterocycles. The molecule has 0 unspecified atom stereocenters. The van der Waals surface area contributed by atoms with Gasteiger partial charge in [-0.05, 0) is 41.5 Å². The second-order valence-corrected chi connectivity index (χ2v) is 4.93. The van der Waals surface area contributed by atoms with Crippen molar-refractivity contribution in [2.45, 2.75) is 26.7 Å². The lowest BCUT2D eigenvalue weighted by Crippen LogP contribution is -2.00. The first kappa shape index (κ1) is 11.9. The first-order valence-electron chi connectivity index (χ1n) is 6.28. The van der Waals surface area contributed by atoms with E-state index in [1.165, 1.54) is 16.7 Å². The highest BCUT2D eigenvalue weighted by atomic mass is 14.1. The van der Waals surface area contributed by atoms with Crippen LogP contribution in [0.2, 0.25) is 0 Å². The van der Waals surface area contributed by atoms with Crippen LogP contribution in [0.15, 0.2) is 48.5 Å². The van der Waals surface area contributed by atoms with Gasteiger partial charge < -0.3 is 0 Å². The van der Waals surface area contributed by atoms with Gasteiger partial charge in [0.2, 0.25) is 0 Å². The third kappa shape index (κ3) is 3.45. The molecule has 0 fully saturated rings. The van der Waals surface area contributed by atoms with Crippen LogP contribution in [0, 0.1) is 12.0 Å². The molecule has 0 N–H and O–H groups in total. The number of benzene rings is 2. The molecule has 0 heteroatoms. The first-order chi connectivity index (χ1) is 8.25.